The molecular weight excluding hydrogens is 344 g/mol. The first kappa shape index (κ1) is 19.1. The molecule has 1 fully saturated rings. The Bertz CT molecular complexity index is 846. The number of aromatic nitrogens is 2. The number of hydrogen-bond donors (Lipinski definition) is 1. The van der Waals surface area contributed by atoms with Crippen molar-refractivity contribution in [3.8, 4) is 0 Å². The number of aryl methyl sites for hydroxylation is 3. The van der Waals surface area contributed by atoms with E-state index in [-0.39, 0.29) is 23.8 Å². The predicted molar refractivity (Wildman–Crippen MR) is 103 cm³/mol. The standard InChI is InChI=1S/C20H26N4O3/c1-13-6-5-7-16(8-13)23(3)20(26)15-10-17(27-12-15)11-21-19(25)18-9-14(2)22-24(18)4/h5-9,15,17H,10-12H2,1-4H3,(H,21,25)/t15-,17-/m0/s1. The Morgan fingerprint density at radius 1 is 1.33 bits per heavy atom. The minimum atomic E-state index is -0.198. The highest BCUT2D eigenvalue weighted by Gasteiger charge is 2.33. The lowest BCUT2D eigenvalue weighted by Gasteiger charge is -2.21. The molecule has 27 heavy (non-hydrogen) atoms. The highest BCUT2D eigenvalue weighted by molar-refractivity contribution is 5.95. The van der Waals surface area contributed by atoms with Gasteiger partial charge in [-0.25, -0.2) is 0 Å². The molecule has 1 aromatic heterocycles. The first-order chi connectivity index (χ1) is 12.8. The van der Waals surface area contributed by atoms with Crippen molar-refractivity contribution < 1.29 is 14.3 Å². The van der Waals surface area contributed by atoms with E-state index in [4.69, 9.17) is 4.74 Å². The van der Waals surface area contributed by atoms with Crippen LogP contribution in [0, 0.1) is 19.8 Å². The fourth-order valence-corrected chi connectivity index (χ4v) is 3.38. The molecule has 2 amide bonds. The van der Waals surface area contributed by atoms with Gasteiger partial charge >= 0.3 is 0 Å². The first-order valence-electron chi connectivity index (χ1n) is 9.10. The van der Waals surface area contributed by atoms with Crippen LogP contribution < -0.4 is 10.2 Å². The highest BCUT2D eigenvalue weighted by Crippen LogP contribution is 2.24. The number of hydrogen-bond acceptors (Lipinski definition) is 4. The smallest absolute Gasteiger partial charge is 0.269 e. The third-order valence-electron chi connectivity index (χ3n) is 4.87. The Balaban J connectivity index is 1.53. The molecule has 144 valence electrons. The van der Waals surface area contributed by atoms with Gasteiger partial charge in [-0.2, -0.15) is 5.10 Å². The van der Waals surface area contributed by atoms with Crippen molar-refractivity contribution >= 4 is 17.5 Å². The van der Waals surface area contributed by atoms with Crippen LogP contribution in [-0.2, 0) is 16.6 Å². The molecule has 1 aromatic carbocycles. The van der Waals surface area contributed by atoms with Crippen LogP contribution in [-0.4, -0.2) is 47.9 Å². The Kier molecular flexibility index (Phi) is 5.60. The van der Waals surface area contributed by atoms with Crippen LogP contribution in [0.2, 0.25) is 0 Å². The summed E-state index contributed by atoms with van der Waals surface area (Å²) in [5.74, 6) is -0.346. The monoisotopic (exact) mass is 370 g/mol. The van der Waals surface area contributed by atoms with Gasteiger partial charge in [-0.15, -0.1) is 0 Å². The number of ether oxygens (including phenoxy) is 1. The van der Waals surface area contributed by atoms with E-state index in [9.17, 15) is 9.59 Å². The van der Waals surface area contributed by atoms with Crippen LogP contribution in [0.5, 0.6) is 0 Å². The van der Waals surface area contributed by atoms with E-state index in [1.54, 1.807) is 29.7 Å². The summed E-state index contributed by atoms with van der Waals surface area (Å²) in [5.41, 5.74) is 3.30. The fourth-order valence-electron chi connectivity index (χ4n) is 3.38. The van der Waals surface area contributed by atoms with E-state index in [1.165, 1.54) is 0 Å². The number of amides is 2. The van der Waals surface area contributed by atoms with Gasteiger partial charge in [-0.1, -0.05) is 12.1 Å². The zero-order valence-electron chi connectivity index (χ0n) is 16.2. The maximum absolute atomic E-state index is 12.8. The van der Waals surface area contributed by atoms with Crippen molar-refractivity contribution in [1.82, 2.24) is 15.1 Å². The molecule has 0 spiro atoms. The number of nitrogens with zero attached hydrogens (tertiary/aromatic N) is 3. The minimum Gasteiger partial charge on any atom is -0.376 e. The highest BCUT2D eigenvalue weighted by atomic mass is 16.5. The van der Waals surface area contributed by atoms with E-state index in [0.29, 0.717) is 25.3 Å². The van der Waals surface area contributed by atoms with Crippen molar-refractivity contribution in [2.75, 3.05) is 25.1 Å². The van der Waals surface area contributed by atoms with Gasteiger partial charge in [-0.05, 0) is 44.0 Å². The molecule has 0 saturated carbocycles. The second-order valence-electron chi connectivity index (χ2n) is 7.13. The van der Waals surface area contributed by atoms with Gasteiger partial charge in [0.15, 0.2) is 0 Å². The van der Waals surface area contributed by atoms with Gasteiger partial charge in [0.1, 0.15) is 5.69 Å². The molecule has 1 aliphatic heterocycles. The first-order valence-corrected chi connectivity index (χ1v) is 9.10. The van der Waals surface area contributed by atoms with Crippen molar-refractivity contribution in [1.29, 1.82) is 0 Å². The molecule has 2 aromatic rings. The van der Waals surface area contributed by atoms with E-state index in [1.807, 2.05) is 38.1 Å². The van der Waals surface area contributed by atoms with Crippen LogP contribution in [0.4, 0.5) is 5.69 Å². The summed E-state index contributed by atoms with van der Waals surface area (Å²) in [4.78, 5) is 26.7. The van der Waals surface area contributed by atoms with Crippen LogP contribution in [0.3, 0.4) is 0 Å². The Morgan fingerprint density at radius 2 is 2.11 bits per heavy atom. The predicted octanol–water partition coefficient (Wildman–Crippen LogP) is 1.83. The third kappa shape index (κ3) is 4.36. The Labute approximate surface area is 159 Å². The molecule has 7 nitrogen and oxygen atoms in total. The van der Waals surface area contributed by atoms with Crippen molar-refractivity contribution in [3.63, 3.8) is 0 Å². The lowest BCUT2D eigenvalue weighted by molar-refractivity contribution is -0.122. The van der Waals surface area contributed by atoms with Gasteiger partial charge in [0.2, 0.25) is 5.91 Å². The summed E-state index contributed by atoms with van der Waals surface area (Å²) in [5, 5.41) is 7.05. The molecule has 1 saturated heterocycles. The zero-order valence-corrected chi connectivity index (χ0v) is 16.2. The summed E-state index contributed by atoms with van der Waals surface area (Å²) >= 11 is 0. The van der Waals surface area contributed by atoms with Crippen molar-refractivity contribution in [2.45, 2.75) is 26.4 Å². The van der Waals surface area contributed by atoms with Gasteiger partial charge < -0.3 is 15.0 Å². The molecule has 3 rings (SSSR count). The summed E-state index contributed by atoms with van der Waals surface area (Å²) in [6, 6.07) is 9.60. The number of benzene rings is 1. The number of carbonyl (C=O) groups is 2. The Hall–Kier alpha value is -2.67. The van der Waals surface area contributed by atoms with Crippen LogP contribution >= 0.6 is 0 Å². The van der Waals surface area contributed by atoms with Crippen molar-refractivity contribution in [3.05, 3.63) is 47.3 Å². The lowest BCUT2D eigenvalue weighted by atomic mass is 10.0. The van der Waals surface area contributed by atoms with E-state index in [0.717, 1.165) is 16.9 Å². The van der Waals surface area contributed by atoms with Crippen LogP contribution in [0.15, 0.2) is 30.3 Å². The van der Waals surface area contributed by atoms with Gasteiger partial charge in [-0.3, -0.25) is 14.3 Å². The number of carbonyl (C=O) groups excluding carboxylic acids is 2. The van der Waals surface area contributed by atoms with Crippen LogP contribution in [0.1, 0.15) is 28.2 Å². The van der Waals surface area contributed by atoms with Gasteiger partial charge in [0.25, 0.3) is 5.91 Å². The molecule has 1 aliphatic rings. The minimum absolute atomic E-state index is 0.0386. The second kappa shape index (κ2) is 7.92. The Morgan fingerprint density at radius 3 is 2.78 bits per heavy atom. The van der Waals surface area contributed by atoms with E-state index < -0.39 is 0 Å². The molecule has 7 heteroatoms. The normalized spacial score (nSPS) is 19.1. The number of nitrogens with one attached hydrogen (secondary N) is 1. The molecule has 0 unspecified atom stereocenters. The topological polar surface area (TPSA) is 76.5 Å². The van der Waals surface area contributed by atoms with Crippen molar-refractivity contribution in [2.24, 2.45) is 13.0 Å². The molecule has 0 bridgehead atoms. The average Bonchev–Trinajstić information content (AvgIpc) is 3.24. The van der Waals surface area contributed by atoms with Gasteiger partial charge in [0.05, 0.1) is 24.3 Å². The summed E-state index contributed by atoms with van der Waals surface area (Å²) in [6.07, 6.45) is 0.433. The summed E-state index contributed by atoms with van der Waals surface area (Å²) in [7, 11) is 3.53. The number of rotatable bonds is 5. The third-order valence-corrected chi connectivity index (χ3v) is 4.87. The SMILES string of the molecule is Cc1cccc(N(C)C(=O)[C@@H]2CO[C@H](CNC(=O)c3cc(C)nn3C)C2)c1. The van der Waals surface area contributed by atoms with Crippen LogP contribution in [0.25, 0.3) is 0 Å². The molecule has 0 radical (unpaired) electrons. The molecular formula is C20H26N4O3. The molecule has 1 N–H and O–H groups in total. The zero-order chi connectivity index (χ0) is 19.6. The second-order valence-corrected chi connectivity index (χ2v) is 7.13. The van der Waals surface area contributed by atoms with E-state index in [2.05, 4.69) is 10.4 Å². The molecule has 2 heterocycles. The number of anilines is 1. The fraction of sp³-hybridized carbons (Fsp3) is 0.450. The quantitative estimate of drug-likeness (QED) is 0.871. The van der Waals surface area contributed by atoms with Gasteiger partial charge in [0, 0.05) is 26.3 Å². The maximum atomic E-state index is 12.8. The molecule has 0 aliphatic carbocycles. The average molecular weight is 370 g/mol. The summed E-state index contributed by atoms with van der Waals surface area (Å²) < 4.78 is 7.29. The largest absolute Gasteiger partial charge is 0.376 e. The maximum Gasteiger partial charge on any atom is 0.269 e. The lowest BCUT2D eigenvalue weighted by Crippen LogP contribution is -2.35. The molecule has 2 atom stereocenters. The van der Waals surface area contributed by atoms with E-state index >= 15 is 0 Å². The summed E-state index contributed by atoms with van der Waals surface area (Å²) in [6.45, 7) is 4.60.